The molecule has 0 fully saturated rings. The molecule has 1 aromatic carbocycles. The molecule has 2 aromatic rings. The fourth-order valence-electron chi connectivity index (χ4n) is 1.92. The number of nitrogens with one attached hydrogen (secondary N) is 1. The maximum atomic E-state index is 5.24. The van der Waals surface area contributed by atoms with Crippen LogP contribution in [-0.4, -0.2) is 30.1 Å². The second kappa shape index (κ2) is 5.96. The van der Waals surface area contributed by atoms with Gasteiger partial charge in [0.25, 0.3) is 0 Å². The zero-order valence-corrected chi connectivity index (χ0v) is 11.8. The normalized spacial score (nSPS) is 12.4. The molecule has 0 amide bonds. The van der Waals surface area contributed by atoms with Gasteiger partial charge in [0, 0.05) is 23.4 Å². The molecule has 0 spiro atoms. The molecule has 1 aromatic heterocycles. The van der Waals surface area contributed by atoms with Crippen LogP contribution < -0.4 is 10.1 Å². The number of benzene rings is 1. The van der Waals surface area contributed by atoms with Crippen molar-refractivity contribution in [1.82, 2.24) is 4.98 Å². The minimum Gasteiger partial charge on any atom is -0.497 e. The van der Waals surface area contributed by atoms with E-state index in [-0.39, 0.29) is 0 Å². The van der Waals surface area contributed by atoms with Crippen LogP contribution in [0.15, 0.2) is 30.5 Å². The number of fused-ring (bicyclic) bond motifs is 1. The number of aromatic nitrogens is 1. The first kappa shape index (κ1) is 13.0. The van der Waals surface area contributed by atoms with Crippen molar-refractivity contribution in [3.8, 4) is 5.75 Å². The van der Waals surface area contributed by atoms with E-state index in [1.54, 1.807) is 7.11 Å². The maximum absolute atomic E-state index is 5.24. The molecule has 0 saturated heterocycles. The number of anilines is 1. The van der Waals surface area contributed by atoms with Crippen LogP contribution in [0, 0.1) is 0 Å². The van der Waals surface area contributed by atoms with Gasteiger partial charge in [-0.1, -0.05) is 0 Å². The molecule has 1 heterocycles. The molecule has 1 N–H and O–H groups in total. The highest BCUT2D eigenvalue weighted by Gasteiger charge is 2.06. The number of hydrogen-bond acceptors (Lipinski definition) is 4. The average molecular weight is 262 g/mol. The molecule has 0 radical (unpaired) electrons. The number of pyridine rings is 1. The molecule has 0 saturated carbocycles. The highest BCUT2D eigenvalue weighted by atomic mass is 32.2. The highest BCUT2D eigenvalue weighted by Crippen LogP contribution is 2.25. The number of nitrogens with zero attached hydrogens (tertiary/aromatic N) is 1. The first-order chi connectivity index (χ1) is 8.74. The van der Waals surface area contributed by atoms with Crippen molar-refractivity contribution in [2.24, 2.45) is 0 Å². The Labute approximate surface area is 112 Å². The van der Waals surface area contributed by atoms with Crippen LogP contribution in [0.2, 0.25) is 0 Å². The number of methoxy groups -OCH3 is 1. The summed E-state index contributed by atoms with van der Waals surface area (Å²) in [4.78, 5) is 4.42. The van der Waals surface area contributed by atoms with E-state index in [9.17, 15) is 0 Å². The zero-order valence-electron chi connectivity index (χ0n) is 10.9. The van der Waals surface area contributed by atoms with Crippen LogP contribution in [0.25, 0.3) is 10.8 Å². The third-order valence-corrected chi connectivity index (χ3v) is 3.60. The van der Waals surface area contributed by atoms with Gasteiger partial charge in [-0.15, -0.1) is 0 Å². The molecular weight excluding hydrogens is 244 g/mol. The molecule has 96 valence electrons. The predicted molar refractivity (Wildman–Crippen MR) is 79.8 cm³/mol. The Hall–Kier alpha value is -1.42. The van der Waals surface area contributed by atoms with Gasteiger partial charge in [0.05, 0.1) is 7.11 Å². The molecule has 4 heteroatoms. The van der Waals surface area contributed by atoms with Gasteiger partial charge >= 0.3 is 0 Å². The van der Waals surface area contributed by atoms with E-state index in [1.807, 2.05) is 36.2 Å². The van der Waals surface area contributed by atoms with E-state index in [0.717, 1.165) is 28.1 Å². The SMILES string of the molecule is COc1ccc2c(NC(C)CSC)nccc2c1. The summed E-state index contributed by atoms with van der Waals surface area (Å²) in [6, 6.07) is 8.45. The van der Waals surface area contributed by atoms with E-state index >= 15 is 0 Å². The standard InChI is InChI=1S/C14H18N2OS/c1-10(9-18-3)16-14-13-5-4-12(17-2)8-11(13)6-7-15-14/h4-8,10H,9H2,1-3H3,(H,15,16). The monoisotopic (exact) mass is 262 g/mol. The van der Waals surface area contributed by atoms with Gasteiger partial charge in [0.15, 0.2) is 0 Å². The first-order valence-corrected chi connectivity index (χ1v) is 7.32. The molecular formula is C14H18N2OS. The zero-order chi connectivity index (χ0) is 13.0. The van der Waals surface area contributed by atoms with E-state index in [0.29, 0.717) is 6.04 Å². The Kier molecular flexibility index (Phi) is 4.31. The Morgan fingerprint density at radius 2 is 2.22 bits per heavy atom. The summed E-state index contributed by atoms with van der Waals surface area (Å²) >= 11 is 1.83. The Bertz CT molecular complexity index is 530. The summed E-state index contributed by atoms with van der Waals surface area (Å²) in [6.45, 7) is 2.17. The minimum absolute atomic E-state index is 0.403. The van der Waals surface area contributed by atoms with Crippen molar-refractivity contribution in [1.29, 1.82) is 0 Å². The van der Waals surface area contributed by atoms with Gasteiger partial charge < -0.3 is 10.1 Å². The van der Waals surface area contributed by atoms with Gasteiger partial charge in [-0.25, -0.2) is 4.98 Å². The third-order valence-electron chi connectivity index (χ3n) is 2.77. The van der Waals surface area contributed by atoms with Crippen molar-refractivity contribution < 1.29 is 4.74 Å². The average Bonchev–Trinajstić information content (AvgIpc) is 2.38. The van der Waals surface area contributed by atoms with Crippen LogP contribution in [0.4, 0.5) is 5.82 Å². The maximum Gasteiger partial charge on any atom is 0.134 e. The van der Waals surface area contributed by atoms with Crippen LogP contribution in [0.5, 0.6) is 5.75 Å². The largest absolute Gasteiger partial charge is 0.497 e. The number of rotatable bonds is 5. The van der Waals surface area contributed by atoms with Crippen molar-refractivity contribution >= 4 is 28.4 Å². The smallest absolute Gasteiger partial charge is 0.134 e. The fraction of sp³-hybridized carbons (Fsp3) is 0.357. The lowest BCUT2D eigenvalue weighted by Gasteiger charge is -2.15. The summed E-state index contributed by atoms with van der Waals surface area (Å²) in [5.41, 5.74) is 0. The number of hydrogen-bond donors (Lipinski definition) is 1. The lowest BCUT2D eigenvalue weighted by atomic mass is 10.1. The summed E-state index contributed by atoms with van der Waals surface area (Å²) in [5, 5.41) is 5.72. The molecule has 0 bridgehead atoms. The summed E-state index contributed by atoms with van der Waals surface area (Å²) in [7, 11) is 1.68. The minimum atomic E-state index is 0.403. The van der Waals surface area contributed by atoms with Gasteiger partial charge in [0.2, 0.25) is 0 Å². The molecule has 1 atom stereocenters. The molecule has 0 aliphatic carbocycles. The quantitative estimate of drug-likeness (QED) is 0.895. The van der Waals surface area contributed by atoms with Crippen molar-refractivity contribution in [3.05, 3.63) is 30.5 Å². The number of thioether (sulfide) groups is 1. The topological polar surface area (TPSA) is 34.1 Å². The van der Waals surface area contributed by atoms with Crippen molar-refractivity contribution in [2.75, 3.05) is 24.4 Å². The first-order valence-electron chi connectivity index (χ1n) is 5.93. The Morgan fingerprint density at radius 3 is 2.94 bits per heavy atom. The number of ether oxygens (including phenoxy) is 1. The van der Waals surface area contributed by atoms with Crippen molar-refractivity contribution in [3.63, 3.8) is 0 Å². The summed E-state index contributed by atoms with van der Waals surface area (Å²) < 4.78 is 5.24. The molecule has 0 aliphatic rings. The third kappa shape index (κ3) is 2.88. The van der Waals surface area contributed by atoms with Crippen LogP contribution in [0.3, 0.4) is 0 Å². The van der Waals surface area contributed by atoms with E-state index < -0.39 is 0 Å². The second-order valence-corrected chi connectivity index (χ2v) is 5.16. The van der Waals surface area contributed by atoms with Gasteiger partial charge in [-0.2, -0.15) is 11.8 Å². The van der Waals surface area contributed by atoms with Crippen LogP contribution in [0.1, 0.15) is 6.92 Å². The second-order valence-electron chi connectivity index (χ2n) is 4.25. The Morgan fingerprint density at radius 1 is 1.39 bits per heavy atom. The van der Waals surface area contributed by atoms with Gasteiger partial charge in [0.1, 0.15) is 11.6 Å². The van der Waals surface area contributed by atoms with Crippen molar-refractivity contribution in [2.45, 2.75) is 13.0 Å². The lowest BCUT2D eigenvalue weighted by molar-refractivity contribution is 0.415. The fourth-order valence-corrected chi connectivity index (χ4v) is 2.51. The van der Waals surface area contributed by atoms with Crippen LogP contribution in [-0.2, 0) is 0 Å². The summed E-state index contributed by atoms with van der Waals surface area (Å²) in [5.74, 6) is 2.88. The molecule has 2 rings (SSSR count). The molecule has 18 heavy (non-hydrogen) atoms. The molecule has 1 unspecified atom stereocenters. The van der Waals surface area contributed by atoms with Gasteiger partial charge in [-0.3, -0.25) is 0 Å². The van der Waals surface area contributed by atoms with Crippen LogP contribution >= 0.6 is 11.8 Å². The van der Waals surface area contributed by atoms with E-state index in [1.165, 1.54) is 0 Å². The Balaban J connectivity index is 2.33. The highest BCUT2D eigenvalue weighted by molar-refractivity contribution is 7.98. The van der Waals surface area contributed by atoms with Gasteiger partial charge in [-0.05, 0) is 42.8 Å². The molecule has 0 aliphatic heterocycles. The lowest BCUT2D eigenvalue weighted by Crippen LogP contribution is -2.18. The molecule has 3 nitrogen and oxygen atoms in total. The van der Waals surface area contributed by atoms with E-state index in [4.69, 9.17) is 4.74 Å². The predicted octanol–water partition coefficient (Wildman–Crippen LogP) is 3.41. The van der Waals surface area contributed by atoms with E-state index in [2.05, 4.69) is 29.5 Å². The summed E-state index contributed by atoms with van der Waals surface area (Å²) in [6.07, 6.45) is 3.94.